The van der Waals surface area contributed by atoms with Crippen LogP contribution in [0.2, 0.25) is 0 Å². The maximum absolute atomic E-state index is 9.24. The van der Waals surface area contributed by atoms with Crippen LogP contribution in [0.4, 0.5) is 0 Å². The van der Waals surface area contributed by atoms with Crippen LogP contribution >= 0.6 is 0 Å². The van der Waals surface area contributed by atoms with Crippen molar-refractivity contribution in [2.24, 2.45) is 5.73 Å². The molecule has 11 heavy (non-hydrogen) atoms. The molecule has 0 saturated carbocycles. The molecule has 0 amide bonds. The molecule has 0 atom stereocenters. The highest BCUT2D eigenvalue weighted by atomic mass is 16.3. The molecule has 0 bridgehead atoms. The first-order valence-electron chi connectivity index (χ1n) is 4.71. The lowest BCUT2D eigenvalue weighted by Gasteiger charge is -2.00. The van der Waals surface area contributed by atoms with E-state index in [0.717, 1.165) is 0 Å². The number of rotatable bonds is 2. The Morgan fingerprint density at radius 3 is 2.73 bits per heavy atom. The average molecular weight is 159 g/mol. The lowest BCUT2D eigenvalue weighted by atomic mass is 10.1. The van der Waals surface area contributed by atoms with Gasteiger partial charge >= 0.3 is 0 Å². The molecule has 0 spiro atoms. The van der Waals surface area contributed by atoms with Crippen molar-refractivity contribution in [3.05, 3.63) is 23.7 Å². The van der Waals surface area contributed by atoms with E-state index < -0.39 is 17.5 Å². The van der Waals surface area contributed by atoms with Crippen molar-refractivity contribution >= 4 is 0 Å². The van der Waals surface area contributed by atoms with Gasteiger partial charge in [0.05, 0.1) is 4.11 Å². The van der Waals surface area contributed by atoms with Gasteiger partial charge in [0.15, 0.2) is 11.5 Å². The monoisotopic (exact) mass is 159 g/mol. The topological polar surface area (TPSA) is 66.5 Å². The van der Waals surface area contributed by atoms with E-state index in [1.165, 1.54) is 0 Å². The van der Waals surface area contributed by atoms with Crippen LogP contribution in [-0.4, -0.2) is 16.8 Å². The summed E-state index contributed by atoms with van der Waals surface area (Å²) in [5.41, 5.74) is 5.45. The van der Waals surface area contributed by atoms with Crippen LogP contribution in [0.5, 0.6) is 11.5 Å². The summed E-state index contributed by atoms with van der Waals surface area (Å²) in [5.74, 6) is -1.38. The van der Waals surface area contributed by atoms with Crippen LogP contribution in [0.15, 0.2) is 18.1 Å². The van der Waals surface area contributed by atoms with E-state index in [0.29, 0.717) is 0 Å². The largest absolute Gasteiger partial charge is 0.504 e. The zero-order valence-electron chi connectivity index (χ0n) is 8.89. The molecule has 60 valence electrons. The predicted molar refractivity (Wildman–Crippen MR) is 42.5 cm³/mol. The molecule has 1 aromatic rings. The van der Waals surface area contributed by atoms with Gasteiger partial charge in [0, 0.05) is 0 Å². The highest BCUT2D eigenvalue weighted by Crippen LogP contribution is 2.24. The van der Waals surface area contributed by atoms with Gasteiger partial charge in [0.25, 0.3) is 0 Å². The van der Waals surface area contributed by atoms with Crippen LogP contribution < -0.4 is 5.73 Å². The molecule has 0 aliphatic carbocycles. The van der Waals surface area contributed by atoms with Gasteiger partial charge in [-0.25, -0.2) is 0 Å². The molecule has 4 N–H and O–H groups in total. The number of hydrogen-bond acceptors (Lipinski definition) is 3. The highest BCUT2D eigenvalue weighted by molar-refractivity contribution is 5.40. The maximum atomic E-state index is 9.24. The number of phenolic OH excluding ortho intramolecular Hbond substituents is 2. The molecule has 1 rings (SSSR count). The van der Waals surface area contributed by atoms with Crippen molar-refractivity contribution in [3.8, 4) is 11.5 Å². The van der Waals surface area contributed by atoms with Gasteiger partial charge < -0.3 is 15.9 Å². The first kappa shape index (κ1) is 4.62. The first-order valence-corrected chi connectivity index (χ1v) is 3.21. The predicted octanol–water partition coefficient (Wildman–Crippen LogP) is 0.599. The molecule has 0 saturated heterocycles. The molecule has 3 nitrogen and oxygen atoms in total. The second kappa shape index (κ2) is 3.25. The average Bonchev–Trinajstić information content (AvgIpc) is 2.19. The Labute approximate surface area is 69.3 Å². The van der Waals surface area contributed by atoms with E-state index >= 15 is 0 Å². The fourth-order valence-corrected chi connectivity index (χ4v) is 0.697. The van der Waals surface area contributed by atoms with Crippen molar-refractivity contribution in [2.75, 3.05) is 6.54 Å². The summed E-state index contributed by atoms with van der Waals surface area (Å²) in [5, 5.41) is 18.4. The lowest BCUT2D eigenvalue weighted by Crippen LogP contribution is -2.02. The van der Waals surface area contributed by atoms with Gasteiger partial charge in [0.2, 0.25) is 0 Å². The molecular weight excluding hydrogens is 142 g/mol. The summed E-state index contributed by atoms with van der Waals surface area (Å²) >= 11 is 0. The molecule has 0 heterocycles. The van der Waals surface area contributed by atoms with E-state index in [2.05, 4.69) is 0 Å². The molecule has 0 aromatic heterocycles. The lowest BCUT2D eigenvalue weighted by molar-refractivity contribution is 0.403. The van der Waals surface area contributed by atoms with Crippen LogP contribution in [0.3, 0.4) is 0 Å². The maximum Gasteiger partial charge on any atom is 0.157 e. The minimum Gasteiger partial charge on any atom is -0.504 e. The van der Waals surface area contributed by atoms with E-state index in [-0.39, 0.29) is 30.6 Å². The van der Waals surface area contributed by atoms with E-state index in [9.17, 15) is 5.11 Å². The van der Waals surface area contributed by atoms with Gasteiger partial charge in [-0.2, -0.15) is 0 Å². The summed E-state index contributed by atoms with van der Waals surface area (Å²) in [6.07, 6.45) is 0.234. The third-order valence-corrected chi connectivity index (χ3v) is 1.22. The minimum atomic E-state index is -0.722. The third kappa shape index (κ3) is 1.85. The molecule has 0 aliphatic heterocycles. The quantitative estimate of drug-likeness (QED) is 0.553. The van der Waals surface area contributed by atoms with Gasteiger partial charge in [-0.3, -0.25) is 0 Å². The Bertz CT molecular complexity index is 339. The third-order valence-electron chi connectivity index (χ3n) is 1.22. The van der Waals surface area contributed by atoms with Crippen LogP contribution in [0.25, 0.3) is 0 Å². The molecule has 3 heteroatoms. The standard InChI is InChI=1S/C8H11NO2/c9-4-3-6-1-2-7(10)8(11)5-6/h1-2,5,10-11H,3-4,9H2/i1T,2T,5T. The highest BCUT2D eigenvalue weighted by Gasteiger charge is 1.98. The number of hydrogen-bond donors (Lipinski definition) is 3. The second-order valence-corrected chi connectivity index (χ2v) is 2.09. The molecule has 0 radical (unpaired) electrons. The van der Waals surface area contributed by atoms with Crippen molar-refractivity contribution < 1.29 is 14.3 Å². The first-order chi connectivity index (χ1) is 6.50. The number of aromatic hydroxyl groups is 2. The van der Waals surface area contributed by atoms with Crippen LogP contribution in [0.1, 0.15) is 9.68 Å². The SMILES string of the molecule is [3H]c1c([3H])c(CCN)c([3H])c(O)c1O. The van der Waals surface area contributed by atoms with Crippen molar-refractivity contribution in [1.82, 2.24) is 0 Å². The van der Waals surface area contributed by atoms with Gasteiger partial charge in [0.1, 0.15) is 0 Å². The Balaban J connectivity index is 3.43. The van der Waals surface area contributed by atoms with Crippen molar-refractivity contribution in [3.63, 3.8) is 0 Å². The normalized spacial score (nSPS) is 13.7. The summed E-state index contributed by atoms with van der Waals surface area (Å²) < 4.78 is 22.1. The number of benzene rings is 1. The summed E-state index contributed by atoms with van der Waals surface area (Å²) in [4.78, 5) is 0. The Morgan fingerprint density at radius 1 is 1.36 bits per heavy atom. The molecule has 0 unspecified atom stereocenters. The van der Waals surface area contributed by atoms with Crippen molar-refractivity contribution in [2.45, 2.75) is 6.42 Å². The summed E-state index contributed by atoms with van der Waals surface area (Å²) in [7, 11) is 0. The zero-order valence-corrected chi connectivity index (χ0v) is 5.89. The molecule has 0 fully saturated rings. The Hall–Kier alpha value is -1.22. The fraction of sp³-hybridized carbons (Fsp3) is 0.250. The van der Waals surface area contributed by atoms with Crippen molar-refractivity contribution in [1.29, 1.82) is 0 Å². The van der Waals surface area contributed by atoms with E-state index in [1.54, 1.807) is 0 Å². The smallest absolute Gasteiger partial charge is 0.157 e. The fourth-order valence-electron chi connectivity index (χ4n) is 0.697. The zero-order chi connectivity index (χ0) is 10.9. The summed E-state index contributed by atoms with van der Waals surface area (Å²) in [6, 6.07) is -1.05. The minimum absolute atomic E-state index is 0.188. The van der Waals surface area contributed by atoms with Gasteiger partial charge in [-0.15, -0.1) is 0 Å². The second-order valence-electron chi connectivity index (χ2n) is 2.09. The van der Waals surface area contributed by atoms with Gasteiger partial charge in [-0.05, 0) is 30.6 Å². The Morgan fingerprint density at radius 2 is 2.09 bits per heavy atom. The molecular formula is C8H11NO2. The van der Waals surface area contributed by atoms with E-state index in [4.69, 9.17) is 15.0 Å². The Kier molecular flexibility index (Phi) is 1.37. The van der Waals surface area contributed by atoms with Crippen LogP contribution in [-0.2, 0) is 6.42 Å². The van der Waals surface area contributed by atoms with E-state index in [1.807, 2.05) is 0 Å². The molecule has 0 aliphatic rings. The number of phenols is 2. The molecule has 1 aromatic carbocycles. The number of nitrogens with two attached hydrogens (primary N) is 1. The van der Waals surface area contributed by atoms with Gasteiger partial charge in [-0.1, -0.05) is 6.04 Å². The van der Waals surface area contributed by atoms with Crippen LogP contribution in [0, 0.1) is 0 Å². The summed E-state index contributed by atoms with van der Waals surface area (Å²) in [6.45, 7) is 0.224.